The summed E-state index contributed by atoms with van der Waals surface area (Å²) in [5, 5.41) is 19.4. The Morgan fingerprint density at radius 2 is 2.05 bits per heavy atom. The van der Waals surface area contributed by atoms with Crippen molar-refractivity contribution in [3.05, 3.63) is 35.7 Å². The average Bonchev–Trinajstić information content (AvgIpc) is 2.86. The van der Waals surface area contributed by atoms with Crippen molar-refractivity contribution < 1.29 is 14.3 Å². The lowest BCUT2D eigenvalue weighted by molar-refractivity contribution is -0.136. The van der Waals surface area contributed by atoms with Crippen LogP contribution in [-0.2, 0) is 17.6 Å². The number of rotatable bonds is 7. The molecule has 2 aromatic rings. The van der Waals surface area contributed by atoms with Crippen LogP contribution in [0.25, 0.3) is 0 Å². The van der Waals surface area contributed by atoms with Crippen LogP contribution in [0.4, 0.5) is 11.7 Å². The molecule has 1 aromatic heterocycles. The van der Waals surface area contributed by atoms with Gasteiger partial charge in [0, 0.05) is 18.0 Å². The second-order valence-corrected chi connectivity index (χ2v) is 4.56. The van der Waals surface area contributed by atoms with Crippen molar-refractivity contribution in [2.75, 3.05) is 11.2 Å². The lowest BCUT2D eigenvalue weighted by Gasteiger charge is -2.02. The summed E-state index contributed by atoms with van der Waals surface area (Å²) in [6, 6.07) is 7.31. The number of aryl methyl sites for hydroxylation is 1. The minimum atomic E-state index is -0.855. The van der Waals surface area contributed by atoms with Gasteiger partial charge in [0.05, 0.1) is 6.42 Å². The molecule has 0 amide bonds. The zero-order chi connectivity index (χ0) is 14.4. The molecule has 0 saturated carbocycles. The van der Waals surface area contributed by atoms with Gasteiger partial charge in [0.1, 0.15) is 0 Å². The second kappa shape index (κ2) is 6.91. The average molecular weight is 296 g/mol. The van der Waals surface area contributed by atoms with Gasteiger partial charge < -0.3 is 14.8 Å². The maximum absolute atomic E-state index is 10.6. The molecule has 2 rings (SSSR count). The van der Waals surface area contributed by atoms with Crippen LogP contribution in [0.5, 0.6) is 0 Å². The fourth-order valence-electron chi connectivity index (χ4n) is 1.63. The highest BCUT2D eigenvalue weighted by Gasteiger charge is 2.06. The molecule has 106 valence electrons. The van der Waals surface area contributed by atoms with E-state index < -0.39 is 5.97 Å². The summed E-state index contributed by atoms with van der Waals surface area (Å²) in [5.41, 5.74) is 1.49. The maximum atomic E-state index is 10.6. The van der Waals surface area contributed by atoms with Gasteiger partial charge in [-0.15, -0.1) is 16.7 Å². The number of aliphatic carboxylic acids is 1. The summed E-state index contributed by atoms with van der Waals surface area (Å²) in [7, 11) is 0. The van der Waals surface area contributed by atoms with Crippen molar-refractivity contribution in [2.24, 2.45) is 0 Å². The number of carboxylic acid groups (broad SMARTS) is 1. The summed E-state index contributed by atoms with van der Waals surface area (Å²) < 4.78 is 5.40. The van der Waals surface area contributed by atoms with E-state index in [1.807, 2.05) is 0 Å². The first-order valence-electron chi connectivity index (χ1n) is 6.13. The Morgan fingerprint density at radius 1 is 1.30 bits per heavy atom. The molecule has 0 fully saturated rings. The third-order valence-corrected chi connectivity index (χ3v) is 2.82. The summed E-state index contributed by atoms with van der Waals surface area (Å²) >= 11 is 5.59. The minimum absolute atomic E-state index is 0.00338. The van der Waals surface area contributed by atoms with Crippen molar-refractivity contribution in [3.63, 3.8) is 0 Å². The first-order chi connectivity index (χ1) is 9.67. The van der Waals surface area contributed by atoms with Gasteiger partial charge in [0.25, 0.3) is 0 Å². The minimum Gasteiger partial charge on any atom is -0.481 e. The van der Waals surface area contributed by atoms with E-state index in [9.17, 15) is 4.79 Å². The van der Waals surface area contributed by atoms with Crippen molar-refractivity contribution in [1.82, 2.24) is 10.2 Å². The number of hydrogen-bond acceptors (Lipinski definition) is 5. The topological polar surface area (TPSA) is 88.2 Å². The molecule has 20 heavy (non-hydrogen) atoms. The molecule has 0 saturated heterocycles. The van der Waals surface area contributed by atoms with Gasteiger partial charge in [-0.25, -0.2) is 0 Å². The highest BCUT2D eigenvalue weighted by molar-refractivity contribution is 6.17. The van der Waals surface area contributed by atoms with Gasteiger partial charge >= 0.3 is 12.0 Å². The molecule has 0 bridgehead atoms. The zero-order valence-corrected chi connectivity index (χ0v) is 11.4. The first kappa shape index (κ1) is 14.3. The molecule has 0 aliphatic carbocycles. The third-order valence-electron chi connectivity index (χ3n) is 2.55. The van der Waals surface area contributed by atoms with Crippen molar-refractivity contribution >= 4 is 29.3 Å². The highest BCUT2D eigenvalue weighted by atomic mass is 35.5. The van der Waals surface area contributed by atoms with E-state index in [1.54, 1.807) is 24.3 Å². The van der Waals surface area contributed by atoms with E-state index in [-0.39, 0.29) is 6.42 Å². The molecular weight excluding hydrogens is 282 g/mol. The molecule has 0 radical (unpaired) electrons. The Balaban J connectivity index is 1.95. The molecule has 0 aliphatic rings. The lowest BCUT2D eigenvalue weighted by atomic mass is 10.1. The maximum Gasteiger partial charge on any atom is 0.320 e. The number of nitrogens with zero attached hydrogens (tertiary/aromatic N) is 2. The highest BCUT2D eigenvalue weighted by Crippen LogP contribution is 2.16. The van der Waals surface area contributed by atoms with Gasteiger partial charge in [0.2, 0.25) is 5.89 Å². The molecule has 0 spiro atoms. The lowest BCUT2D eigenvalue weighted by Crippen LogP contribution is -1.99. The molecule has 2 N–H and O–H groups in total. The predicted molar refractivity (Wildman–Crippen MR) is 74.4 cm³/mol. The number of alkyl halides is 1. The Kier molecular flexibility index (Phi) is 4.95. The van der Waals surface area contributed by atoms with Gasteiger partial charge in [0.15, 0.2) is 0 Å². The normalized spacial score (nSPS) is 10.4. The molecule has 1 heterocycles. The van der Waals surface area contributed by atoms with Crippen LogP contribution < -0.4 is 5.32 Å². The van der Waals surface area contributed by atoms with E-state index in [4.69, 9.17) is 21.1 Å². The number of carboxylic acids is 1. The molecule has 6 nitrogen and oxygen atoms in total. The molecule has 7 heteroatoms. The zero-order valence-electron chi connectivity index (χ0n) is 10.7. The Bertz CT molecular complexity index is 568. The van der Waals surface area contributed by atoms with Gasteiger partial charge in [-0.05, 0) is 24.1 Å². The van der Waals surface area contributed by atoms with E-state index in [2.05, 4.69) is 15.5 Å². The third kappa shape index (κ3) is 4.24. The number of benzene rings is 1. The van der Waals surface area contributed by atoms with Crippen molar-refractivity contribution in [3.8, 4) is 0 Å². The molecule has 0 atom stereocenters. The number of carbonyl (C=O) groups is 1. The number of anilines is 2. The van der Waals surface area contributed by atoms with E-state index in [1.165, 1.54) is 0 Å². The summed E-state index contributed by atoms with van der Waals surface area (Å²) in [6.07, 6.45) is 1.44. The number of aromatic nitrogens is 2. The van der Waals surface area contributed by atoms with Crippen LogP contribution in [-0.4, -0.2) is 27.2 Å². The van der Waals surface area contributed by atoms with Gasteiger partial charge in [-0.1, -0.05) is 17.2 Å². The Labute approximate surface area is 120 Å². The van der Waals surface area contributed by atoms with Gasteiger partial charge in [-0.2, -0.15) is 0 Å². The van der Waals surface area contributed by atoms with Crippen molar-refractivity contribution in [2.45, 2.75) is 19.3 Å². The second-order valence-electron chi connectivity index (χ2n) is 4.19. The van der Waals surface area contributed by atoms with Crippen LogP contribution in [0, 0.1) is 0 Å². The summed E-state index contributed by atoms with van der Waals surface area (Å²) in [5.74, 6) is 0.234. The summed E-state index contributed by atoms with van der Waals surface area (Å²) in [6.45, 7) is 0. The number of nitrogens with one attached hydrogen (secondary N) is 1. The van der Waals surface area contributed by atoms with Gasteiger partial charge in [-0.3, -0.25) is 4.79 Å². The molecule has 0 unspecified atom stereocenters. The predicted octanol–water partition coefficient (Wildman–Crippen LogP) is 2.61. The number of hydrogen-bond donors (Lipinski definition) is 2. The van der Waals surface area contributed by atoms with E-state index in [0.29, 0.717) is 24.2 Å². The SMILES string of the molecule is O=C(O)Cc1ccc(Nc2nnc(CCCCl)o2)cc1. The fourth-order valence-corrected chi connectivity index (χ4v) is 1.76. The molecule has 0 aliphatic heterocycles. The van der Waals surface area contributed by atoms with Crippen LogP contribution in [0.15, 0.2) is 28.7 Å². The number of halogens is 1. The Hall–Kier alpha value is -2.08. The van der Waals surface area contributed by atoms with Crippen LogP contribution in [0.1, 0.15) is 17.9 Å². The molecular formula is C13H14ClN3O3. The van der Waals surface area contributed by atoms with E-state index in [0.717, 1.165) is 17.7 Å². The van der Waals surface area contributed by atoms with E-state index >= 15 is 0 Å². The van der Waals surface area contributed by atoms with Crippen LogP contribution >= 0.6 is 11.6 Å². The standard InChI is InChI=1S/C13H14ClN3O3/c14-7-1-2-11-16-17-13(20-11)15-10-5-3-9(4-6-10)8-12(18)19/h3-6H,1-2,7-8H2,(H,15,17)(H,18,19). The van der Waals surface area contributed by atoms with Crippen molar-refractivity contribution in [1.29, 1.82) is 0 Å². The Morgan fingerprint density at radius 3 is 2.70 bits per heavy atom. The monoisotopic (exact) mass is 295 g/mol. The van der Waals surface area contributed by atoms with Crippen LogP contribution in [0.3, 0.4) is 0 Å². The quantitative estimate of drug-likeness (QED) is 0.763. The summed E-state index contributed by atoms with van der Waals surface area (Å²) in [4.78, 5) is 10.6. The largest absolute Gasteiger partial charge is 0.481 e. The smallest absolute Gasteiger partial charge is 0.320 e. The first-order valence-corrected chi connectivity index (χ1v) is 6.67. The fraction of sp³-hybridized carbons (Fsp3) is 0.308. The van der Waals surface area contributed by atoms with Crippen LogP contribution in [0.2, 0.25) is 0 Å². The molecule has 1 aromatic carbocycles.